The lowest BCUT2D eigenvalue weighted by Crippen LogP contribution is -2.22. The SMILES string of the molecule is C[C@@H]1C(=O)N(c2ccccc2)c2ccc(Br)cc21. The largest absolute Gasteiger partial charge is 0.280 e. The zero-order valence-corrected chi connectivity index (χ0v) is 11.5. The van der Waals surface area contributed by atoms with Crippen molar-refractivity contribution in [2.75, 3.05) is 4.90 Å². The van der Waals surface area contributed by atoms with Gasteiger partial charge in [0.25, 0.3) is 0 Å². The first-order valence-corrected chi connectivity index (χ1v) is 6.66. The quantitative estimate of drug-likeness (QED) is 0.772. The highest BCUT2D eigenvalue weighted by Crippen LogP contribution is 2.42. The van der Waals surface area contributed by atoms with E-state index in [1.807, 2.05) is 55.5 Å². The second-order valence-electron chi connectivity index (χ2n) is 4.43. The molecule has 2 aromatic carbocycles. The molecular weight excluding hydrogens is 290 g/mol. The molecule has 0 saturated heterocycles. The normalized spacial score (nSPS) is 18.0. The minimum atomic E-state index is -0.0855. The molecule has 0 unspecified atom stereocenters. The monoisotopic (exact) mass is 301 g/mol. The molecule has 3 rings (SSSR count). The first-order valence-electron chi connectivity index (χ1n) is 5.87. The lowest BCUT2D eigenvalue weighted by atomic mass is 10.0. The highest BCUT2D eigenvalue weighted by atomic mass is 79.9. The van der Waals surface area contributed by atoms with Gasteiger partial charge in [0.15, 0.2) is 0 Å². The summed E-state index contributed by atoms with van der Waals surface area (Å²) in [5, 5.41) is 0. The van der Waals surface area contributed by atoms with Crippen LogP contribution in [0.4, 0.5) is 11.4 Å². The van der Waals surface area contributed by atoms with Gasteiger partial charge in [-0.25, -0.2) is 0 Å². The van der Waals surface area contributed by atoms with E-state index in [0.717, 1.165) is 21.4 Å². The zero-order valence-electron chi connectivity index (χ0n) is 9.93. The molecule has 1 heterocycles. The van der Waals surface area contributed by atoms with Crippen molar-refractivity contribution in [3.05, 3.63) is 58.6 Å². The molecule has 3 heteroatoms. The predicted molar refractivity (Wildman–Crippen MR) is 76.1 cm³/mol. The van der Waals surface area contributed by atoms with Gasteiger partial charge in [-0.1, -0.05) is 34.1 Å². The van der Waals surface area contributed by atoms with Gasteiger partial charge < -0.3 is 0 Å². The van der Waals surface area contributed by atoms with E-state index in [-0.39, 0.29) is 11.8 Å². The van der Waals surface area contributed by atoms with Gasteiger partial charge >= 0.3 is 0 Å². The highest BCUT2D eigenvalue weighted by molar-refractivity contribution is 9.10. The number of hydrogen-bond acceptors (Lipinski definition) is 1. The van der Waals surface area contributed by atoms with E-state index in [4.69, 9.17) is 0 Å². The molecule has 0 aromatic heterocycles. The van der Waals surface area contributed by atoms with Gasteiger partial charge in [0, 0.05) is 10.2 Å². The molecule has 90 valence electrons. The first kappa shape index (κ1) is 11.5. The van der Waals surface area contributed by atoms with Gasteiger partial charge in [-0.3, -0.25) is 9.69 Å². The predicted octanol–water partition coefficient (Wildman–Crippen LogP) is 4.23. The summed E-state index contributed by atoms with van der Waals surface area (Å²) in [6.45, 7) is 1.95. The van der Waals surface area contributed by atoms with Crippen LogP contribution in [-0.2, 0) is 4.79 Å². The third-order valence-electron chi connectivity index (χ3n) is 3.30. The third kappa shape index (κ3) is 1.66. The number of amides is 1. The minimum Gasteiger partial charge on any atom is -0.280 e. The maximum Gasteiger partial charge on any atom is 0.238 e. The fraction of sp³-hybridized carbons (Fsp3) is 0.133. The topological polar surface area (TPSA) is 20.3 Å². The van der Waals surface area contributed by atoms with E-state index in [1.165, 1.54) is 0 Å². The van der Waals surface area contributed by atoms with Crippen molar-refractivity contribution in [3.63, 3.8) is 0 Å². The number of fused-ring (bicyclic) bond motifs is 1. The van der Waals surface area contributed by atoms with Crippen LogP contribution < -0.4 is 4.90 Å². The molecule has 2 aromatic rings. The fourth-order valence-electron chi connectivity index (χ4n) is 2.36. The molecule has 0 aliphatic carbocycles. The minimum absolute atomic E-state index is 0.0855. The van der Waals surface area contributed by atoms with E-state index < -0.39 is 0 Å². The Kier molecular flexibility index (Phi) is 2.71. The van der Waals surface area contributed by atoms with Gasteiger partial charge in [-0.15, -0.1) is 0 Å². The van der Waals surface area contributed by atoms with Gasteiger partial charge in [0.1, 0.15) is 0 Å². The van der Waals surface area contributed by atoms with Crippen LogP contribution >= 0.6 is 15.9 Å². The summed E-state index contributed by atoms with van der Waals surface area (Å²) >= 11 is 3.46. The molecule has 0 fully saturated rings. The van der Waals surface area contributed by atoms with Crippen LogP contribution in [0.3, 0.4) is 0 Å². The van der Waals surface area contributed by atoms with Crippen molar-refractivity contribution in [1.82, 2.24) is 0 Å². The van der Waals surface area contributed by atoms with E-state index in [2.05, 4.69) is 15.9 Å². The number of rotatable bonds is 1. The van der Waals surface area contributed by atoms with E-state index in [0.29, 0.717) is 0 Å². The average Bonchev–Trinajstić information content (AvgIpc) is 2.64. The summed E-state index contributed by atoms with van der Waals surface area (Å²) in [6, 6.07) is 15.8. The first-order chi connectivity index (χ1) is 8.68. The molecule has 0 saturated carbocycles. The molecule has 1 amide bonds. The maximum absolute atomic E-state index is 12.4. The molecular formula is C15H12BrNO. The van der Waals surface area contributed by atoms with Gasteiger partial charge in [0.05, 0.1) is 11.6 Å². The Morgan fingerprint density at radius 3 is 2.56 bits per heavy atom. The average molecular weight is 302 g/mol. The van der Waals surface area contributed by atoms with Crippen LogP contribution in [0.5, 0.6) is 0 Å². The summed E-state index contributed by atoms with van der Waals surface area (Å²) in [4.78, 5) is 14.2. The summed E-state index contributed by atoms with van der Waals surface area (Å²) in [5.41, 5.74) is 3.00. The van der Waals surface area contributed by atoms with Crippen LogP contribution in [-0.4, -0.2) is 5.91 Å². The second-order valence-corrected chi connectivity index (χ2v) is 5.35. The summed E-state index contributed by atoms with van der Waals surface area (Å²) in [6.07, 6.45) is 0. The molecule has 1 atom stereocenters. The molecule has 2 nitrogen and oxygen atoms in total. The Bertz CT molecular complexity index is 609. The van der Waals surface area contributed by atoms with Crippen molar-refractivity contribution in [3.8, 4) is 0 Å². The number of halogens is 1. The number of hydrogen-bond donors (Lipinski definition) is 0. The summed E-state index contributed by atoms with van der Waals surface area (Å²) < 4.78 is 1.01. The lowest BCUT2D eigenvalue weighted by Gasteiger charge is -2.17. The fourth-order valence-corrected chi connectivity index (χ4v) is 2.74. The van der Waals surface area contributed by atoms with Crippen LogP contribution in [0.1, 0.15) is 18.4 Å². The Morgan fingerprint density at radius 1 is 1.11 bits per heavy atom. The Hall–Kier alpha value is -1.61. The van der Waals surface area contributed by atoms with Crippen LogP contribution in [0.2, 0.25) is 0 Å². The van der Waals surface area contributed by atoms with Crippen molar-refractivity contribution in [2.45, 2.75) is 12.8 Å². The number of nitrogens with zero attached hydrogens (tertiary/aromatic N) is 1. The molecule has 0 bridgehead atoms. The maximum atomic E-state index is 12.4. The Labute approximate surface area is 114 Å². The van der Waals surface area contributed by atoms with Gasteiger partial charge in [-0.2, -0.15) is 0 Å². The standard InChI is InChI=1S/C15H12BrNO/c1-10-13-9-11(16)7-8-14(13)17(15(10)18)12-5-3-2-4-6-12/h2-10H,1H3/t10-/m0/s1. The van der Waals surface area contributed by atoms with Crippen molar-refractivity contribution in [1.29, 1.82) is 0 Å². The molecule has 0 radical (unpaired) electrons. The van der Waals surface area contributed by atoms with Crippen LogP contribution in [0.15, 0.2) is 53.0 Å². The number of carbonyl (C=O) groups is 1. The highest BCUT2D eigenvalue weighted by Gasteiger charge is 2.34. The molecule has 0 spiro atoms. The number of para-hydroxylation sites is 1. The zero-order chi connectivity index (χ0) is 12.7. The van der Waals surface area contributed by atoms with E-state index in [9.17, 15) is 4.79 Å². The summed E-state index contributed by atoms with van der Waals surface area (Å²) in [7, 11) is 0. The lowest BCUT2D eigenvalue weighted by molar-refractivity contribution is -0.118. The number of benzene rings is 2. The van der Waals surface area contributed by atoms with Crippen LogP contribution in [0, 0.1) is 0 Å². The van der Waals surface area contributed by atoms with Crippen molar-refractivity contribution < 1.29 is 4.79 Å². The van der Waals surface area contributed by atoms with E-state index in [1.54, 1.807) is 4.90 Å². The third-order valence-corrected chi connectivity index (χ3v) is 3.80. The summed E-state index contributed by atoms with van der Waals surface area (Å²) in [5.74, 6) is 0.0482. The Balaban J connectivity index is 2.16. The smallest absolute Gasteiger partial charge is 0.238 e. The molecule has 0 N–H and O–H groups in total. The van der Waals surface area contributed by atoms with E-state index >= 15 is 0 Å². The molecule has 1 aliphatic heterocycles. The Morgan fingerprint density at radius 2 is 1.83 bits per heavy atom. The van der Waals surface area contributed by atoms with Gasteiger partial charge in [0.2, 0.25) is 5.91 Å². The van der Waals surface area contributed by atoms with Gasteiger partial charge in [-0.05, 0) is 42.8 Å². The van der Waals surface area contributed by atoms with Crippen molar-refractivity contribution >= 4 is 33.2 Å². The molecule has 1 aliphatic rings. The number of carbonyl (C=O) groups excluding carboxylic acids is 1. The number of anilines is 2. The second kappa shape index (κ2) is 4.25. The van der Waals surface area contributed by atoms with Crippen LogP contribution in [0.25, 0.3) is 0 Å². The van der Waals surface area contributed by atoms with Crippen molar-refractivity contribution in [2.24, 2.45) is 0 Å². The molecule has 18 heavy (non-hydrogen) atoms.